The monoisotopic (exact) mass is 279 g/mol. The summed E-state index contributed by atoms with van der Waals surface area (Å²) in [5, 5.41) is 4.23. The molecule has 0 radical (unpaired) electrons. The molecule has 0 saturated heterocycles. The highest BCUT2D eigenvalue weighted by atomic mass is 35.5. The van der Waals surface area contributed by atoms with Gasteiger partial charge in [0.15, 0.2) is 0 Å². The number of hydrogen-bond acceptors (Lipinski definition) is 3. The van der Waals surface area contributed by atoms with E-state index in [1.807, 2.05) is 6.92 Å². The average molecular weight is 280 g/mol. The maximum absolute atomic E-state index is 6.26. The van der Waals surface area contributed by atoms with Crippen LogP contribution in [0, 0.1) is 12.3 Å². The van der Waals surface area contributed by atoms with Gasteiger partial charge < -0.3 is 5.32 Å². The summed E-state index contributed by atoms with van der Waals surface area (Å²) in [4.78, 5) is 9.14. The minimum absolute atomic E-state index is 0.337. The summed E-state index contributed by atoms with van der Waals surface area (Å²) in [7, 11) is 0. The van der Waals surface area contributed by atoms with E-state index < -0.39 is 0 Å². The molecule has 4 heteroatoms. The van der Waals surface area contributed by atoms with Crippen LogP contribution in [-0.2, 0) is 0 Å². The van der Waals surface area contributed by atoms with Gasteiger partial charge in [-0.3, -0.25) is 0 Å². The molecule has 0 aliphatic heterocycles. The lowest BCUT2D eigenvalue weighted by atomic mass is 9.87. The van der Waals surface area contributed by atoms with Crippen LogP contribution in [0.15, 0.2) is 0 Å². The predicted molar refractivity (Wildman–Crippen MR) is 78.8 cm³/mol. The number of rotatable bonds is 3. The van der Waals surface area contributed by atoms with Crippen LogP contribution in [0.3, 0.4) is 0 Å². The Morgan fingerprint density at radius 2 is 1.95 bits per heavy atom. The molecule has 0 aromatic carbocycles. The van der Waals surface area contributed by atoms with Crippen LogP contribution in [0.2, 0.25) is 5.15 Å². The van der Waals surface area contributed by atoms with Gasteiger partial charge in [0.1, 0.15) is 16.8 Å². The van der Waals surface area contributed by atoms with Crippen LogP contribution in [0.25, 0.3) is 0 Å². The summed E-state index contributed by atoms with van der Waals surface area (Å²) in [6.45, 7) is 6.67. The van der Waals surface area contributed by atoms with Gasteiger partial charge in [-0.2, -0.15) is 0 Å². The van der Waals surface area contributed by atoms with Gasteiger partial charge in [0.2, 0.25) is 0 Å². The molecular weight excluding hydrogens is 258 g/mol. The molecule has 1 atom stereocenters. The number of nitrogens with one attached hydrogen (secondary N) is 1. The normalized spacial score (nSPS) is 25.6. The minimum atomic E-state index is 0.337. The summed E-state index contributed by atoms with van der Waals surface area (Å²) >= 11 is 6.26. The molecule has 2 saturated carbocycles. The molecule has 19 heavy (non-hydrogen) atoms. The molecule has 104 valence electrons. The summed E-state index contributed by atoms with van der Waals surface area (Å²) < 4.78 is 0. The maximum atomic E-state index is 6.26. The molecule has 0 bridgehead atoms. The lowest BCUT2D eigenvalue weighted by molar-refractivity contribution is 0.349. The van der Waals surface area contributed by atoms with Crippen molar-refractivity contribution in [2.24, 2.45) is 5.41 Å². The van der Waals surface area contributed by atoms with Crippen molar-refractivity contribution in [2.45, 2.75) is 64.8 Å². The Morgan fingerprint density at radius 1 is 1.21 bits per heavy atom. The molecule has 3 rings (SSSR count). The molecule has 1 N–H and O–H groups in total. The van der Waals surface area contributed by atoms with Gasteiger partial charge in [0, 0.05) is 17.5 Å². The van der Waals surface area contributed by atoms with Gasteiger partial charge in [-0.1, -0.05) is 31.9 Å². The fourth-order valence-corrected chi connectivity index (χ4v) is 3.11. The summed E-state index contributed by atoms with van der Waals surface area (Å²) in [5.74, 6) is 2.41. The third-order valence-corrected chi connectivity index (χ3v) is 4.98. The number of hydrogen-bond donors (Lipinski definition) is 1. The topological polar surface area (TPSA) is 37.8 Å². The highest BCUT2D eigenvalue weighted by Gasteiger charge is 2.35. The lowest BCUT2D eigenvalue weighted by Crippen LogP contribution is -2.31. The highest BCUT2D eigenvalue weighted by molar-refractivity contribution is 6.30. The molecule has 2 aliphatic carbocycles. The van der Waals surface area contributed by atoms with Crippen LogP contribution in [0.1, 0.15) is 63.3 Å². The molecule has 2 fully saturated rings. The largest absolute Gasteiger partial charge is 0.366 e. The number of aromatic nitrogens is 2. The van der Waals surface area contributed by atoms with Crippen LogP contribution in [-0.4, -0.2) is 16.0 Å². The molecule has 1 heterocycles. The van der Waals surface area contributed by atoms with E-state index in [2.05, 4.69) is 24.1 Å². The van der Waals surface area contributed by atoms with Gasteiger partial charge in [0.05, 0.1) is 0 Å². The first kappa shape index (κ1) is 13.2. The second-order valence-electron chi connectivity index (χ2n) is 6.70. The van der Waals surface area contributed by atoms with E-state index in [1.165, 1.54) is 32.1 Å². The van der Waals surface area contributed by atoms with Crippen molar-refractivity contribution in [2.75, 3.05) is 5.32 Å². The zero-order valence-corrected chi connectivity index (χ0v) is 12.7. The van der Waals surface area contributed by atoms with E-state index in [-0.39, 0.29) is 0 Å². The molecule has 0 amide bonds. The molecule has 2 aliphatic rings. The molecule has 0 spiro atoms. The average Bonchev–Trinajstić information content (AvgIpc) is 3.12. The predicted octanol–water partition coefficient (Wildman–Crippen LogP) is 4.31. The van der Waals surface area contributed by atoms with Crippen LogP contribution < -0.4 is 5.32 Å². The minimum Gasteiger partial charge on any atom is -0.366 e. The zero-order chi connectivity index (χ0) is 13.6. The third-order valence-electron chi connectivity index (χ3n) is 4.61. The van der Waals surface area contributed by atoms with Crippen molar-refractivity contribution in [3.8, 4) is 0 Å². The van der Waals surface area contributed by atoms with Crippen molar-refractivity contribution in [3.63, 3.8) is 0 Å². The van der Waals surface area contributed by atoms with Crippen molar-refractivity contribution < 1.29 is 0 Å². The van der Waals surface area contributed by atoms with Crippen molar-refractivity contribution in [1.29, 1.82) is 0 Å². The van der Waals surface area contributed by atoms with E-state index in [0.717, 1.165) is 17.2 Å². The first-order valence-electron chi connectivity index (χ1n) is 7.28. The SMILES string of the molecule is Cc1c(Cl)nc(C2CC2)nc1NC1CCCC1(C)C. The first-order valence-corrected chi connectivity index (χ1v) is 7.66. The first-order chi connectivity index (χ1) is 8.97. The molecule has 1 unspecified atom stereocenters. The lowest BCUT2D eigenvalue weighted by Gasteiger charge is -2.29. The summed E-state index contributed by atoms with van der Waals surface area (Å²) in [6.07, 6.45) is 6.18. The molecule has 1 aromatic rings. The fourth-order valence-electron chi connectivity index (χ4n) is 2.93. The van der Waals surface area contributed by atoms with Gasteiger partial charge in [-0.25, -0.2) is 9.97 Å². The summed E-state index contributed by atoms with van der Waals surface area (Å²) in [6, 6.07) is 0.490. The zero-order valence-electron chi connectivity index (χ0n) is 12.0. The third kappa shape index (κ3) is 2.58. The van der Waals surface area contributed by atoms with Crippen LogP contribution in [0.4, 0.5) is 5.82 Å². The number of halogens is 1. The van der Waals surface area contributed by atoms with Crippen LogP contribution >= 0.6 is 11.6 Å². The maximum Gasteiger partial charge on any atom is 0.137 e. The fraction of sp³-hybridized carbons (Fsp3) is 0.733. The van der Waals surface area contributed by atoms with Crippen molar-refractivity contribution in [3.05, 3.63) is 16.5 Å². The number of anilines is 1. The quantitative estimate of drug-likeness (QED) is 0.838. The van der Waals surface area contributed by atoms with E-state index in [0.29, 0.717) is 22.5 Å². The van der Waals surface area contributed by atoms with E-state index >= 15 is 0 Å². The van der Waals surface area contributed by atoms with E-state index in [9.17, 15) is 0 Å². The molecular formula is C15H22ClN3. The summed E-state index contributed by atoms with van der Waals surface area (Å²) in [5.41, 5.74) is 1.32. The van der Waals surface area contributed by atoms with E-state index in [1.54, 1.807) is 0 Å². The second-order valence-corrected chi connectivity index (χ2v) is 7.06. The Labute approximate surface area is 120 Å². The Morgan fingerprint density at radius 3 is 2.53 bits per heavy atom. The standard InChI is InChI=1S/C15H22ClN3/c1-9-12(16)18-14(10-6-7-10)19-13(9)17-11-5-4-8-15(11,2)3/h10-11H,4-8H2,1-3H3,(H,17,18,19). The van der Waals surface area contributed by atoms with Crippen molar-refractivity contribution in [1.82, 2.24) is 9.97 Å². The Hall–Kier alpha value is -0.830. The van der Waals surface area contributed by atoms with Gasteiger partial charge >= 0.3 is 0 Å². The Balaban J connectivity index is 1.87. The number of nitrogens with zero attached hydrogens (tertiary/aromatic N) is 2. The Kier molecular flexibility index (Phi) is 3.20. The van der Waals surface area contributed by atoms with Crippen LogP contribution in [0.5, 0.6) is 0 Å². The Bertz CT molecular complexity index is 494. The second kappa shape index (κ2) is 4.62. The van der Waals surface area contributed by atoms with Gasteiger partial charge in [-0.05, 0) is 38.0 Å². The van der Waals surface area contributed by atoms with E-state index in [4.69, 9.17) is 16.6 Å². The molecule has 3 nitrogen and oxygen atoms in total. The molecule has 1 aromatic heterocycles. The van der Waals surface area contributed by atoms with Gasteiger partial charge in [-0.15, -0.1) is 0 Å². The van der Waals surface area contributed by atoms with Gasteiger partial charge in [0.25, 0.3) is 0 Å². The smallest absolute Gasteiger partial charge is 0.137 e. The van der Waals surface area contributed by atoms with Crippen molar-refractivity contribution >= 4 is 17.4 Å². The highest BCUT2D eigenvalue weighted by Crippen LogP contribution is 2.41.